The average Bonchev–Trinajstić information content (AvgIpc) is 2.96. The molecule has 1 heterocycles. The molecule has 1 fully saturated rings. The average molecular weight is 336 g/mol. The van der Waals surface area contributed by atoms with Crippen molar-refractivity contribution in [2.24, 2.45) is 0 Å². The third-order valence-electron chi connectivity index (χ3n) is 4.21. The number of benzene rings is 1. The standard InChI is InChI=1S/C16H20N2O6/c19-14(20)12(17-9-10-4-2-1-3-5-10)8-11-6-7-13(15(21)22)18(11)16(23)24/h1-5,11-13,17H,6-9H2,(H,19,20)(H,21,22)(H,23,24)/t11-,12?,13-/m0/s1. The Morgan fingerprint density at radius 3 is 2.33 bits per heavy atom. The molecule has 1 aromatic rings. The molecule has 4 N–H and O–H groups in total. The van der Waals surface area contributed by atoms with Gasteiger partial charge >= 0.3 is 18.0 Å². The minimum absolute atomic E-state index is 0.0260. The molecule has 24 heavy (non-hydrogen) atoms. The number of amides is 1. The first kappa shape index (κ1) is 17.7. The van der Waals surface area contributed by atoms with E-state index >= 15 is 0 Å². The minimum Gasteiger partial charge on any atom is -0.480 e. The maximum absolute atomic E-state index is 11.5. The van der Waals surface area contributed by atoms with E-state index in [1.165, 1.54) is 0 Å². The fourth-order valence-corrected chi connectivity index (χ4v) is 3.03. The van der Waals surface area contributed by atoms with Crippen LogP contribution in [0.1, 0.15) is 24.8 Å². The summed E-state index contributed by atoms with van der Waals surface area (Å²) in [4.78, 5) is 34.8. The predicted molar refractivity (Wildman–Crippen MR) is 83.6 cm³/mol. The number of nitrogens with zero attached hydrogens (tertiary/aromatic N) is 1. The van der Waals surface area contributed by atoms with Crippen LogP contribution in [0.5, 0.6) is 0 Å². The number of carbonyl (C=O) groups is 3. The lowest BCUT2D eigenvalue weighted by atomic mass is 10.0. The lowest BCUT2D eigenvalue weighted by Gasteiger charge is -2.27. The van der Waals surface area contributed by atoms with E-state index in [0.29, 0.717) is 13.0 Å². The fourth-order valence-electron chi connectivity index (χ4n) is 3.03. The minimum atomic E-state index is -1.34. The Labute approximate surface area is 138 Å². The summed E-state index contributed by atoms with van der Waals surface area (Å²) in [6.07, 6.45) is -0.785. The lowest BCUT2D eigenvalue weighted by molar-refractivity contribution is -0.142. The number of nitrogens with one attached hydrogen (secondary N) is 1. The Morgan fingerprint density at radius 1 is 1.12 bits per heavy atom. The second kappa shape index (κ2) is 7.78. The molecule has 0 radical (unpaired) electrons. The number of carboxylic acid groups (broad SMARTS) is 3. The van der Waals surface area contributed by atoms with E-state index in [9.17, 15) is 24.6 Å². The van der Waals surface area contributed by atoms with Gasteiger partial charge in [-0.2, -0.15) is 0 Å². The van der Waals surface area contributed by atoms with Gasteiger partial charge in [-0.25, -0.2) is 9.59 Å². The van der Waals surface area contributed by atoms with Crippen molar-refractivity contribution in [1.82, 2.24) is 10.2 Å². The molecule has 0 spiro atoms. The number of hydrogen-bond acceptors (Lipinski definition) is 4. The van der Waals surface area contributed by atoms with Gasteiger partial charge in [-0.3, -0.25) is 9.69 Å². The van der Waals surface area contributed by atoms with Crippen LogP contribution in [0, 0.1) is 0 Å². The van der Waals surface area contributed by atoms with Crippen LogP contribution in [-0.2, 0) is 16.1 Å². The van der Waals surface area contributed by atoms with Crippen LogP contribution < -0.4 is 5.32 Å². The van der Waals surface area contributed by atoms with Crippen LogP contribution in [0.3, 0.4) is 0 Å². The van der Waals surface area contributed by atoms with Gasteiger partial charge in [0.15, 0.2) is 0 Å². The van der Waals surface area contributed by atoms with E-state index in [-0.39, 0.29) is 12.8 Å². The topological polar surface area (TPSA) is 127 Å². The summed E-state index contributed by atoms with van der Waals surface area (Å²) < 4.78 is 0. The maximum atomic E-state index is 11.5. The molecule has 1 saturated heterocycles. The molecule has 0 aliphatic carbocycles. The molecule has 0 bridgehead atoms. The molecule has 2 rings (SSSR count). The van der Waals surface area contributed by atoms with Crippen molar-refractivity contribution in [2.75, 3.05) is 0 Å². The van der Waals surface area contributed by atoms with E-state index in [1.807, 2.05) is 30.3 Å². The van der Waals surface area contributed by atoms with Gasteiger partial charge in [0.05, 0.1) is 0 Å². The Balaban J connectivity index is 2.03. The van der Waals surface area contributed by atoms with Crippen molar-refractivity contribution in [2.45, 2.75) is 43.9 Å². The van der Waals surface area contributed by atoms with Crippen LogP contribution >= 0.6 is 0 Å². The summed E-state index contributed by atoms with van der Waals surface area (Å²) >= 11 is 0. The van der Waals surface area contributed by atoms with Gasteiger partial charge < -0.3 is 20.6 Å². The molecule has 0 aromatic heterocycles. The first-order valence-corrected chi connectivity index (χ1v) is 7.64. The molecule has 1 aliphatic rings. The van der Waals surface area contributed by atoms with Crippen LogP contribution in [0.4, 0.5) is 4.79 Å². The van der Waals surface area contributed by atoms with E-state index in [0.717, 1.165) is 10.5 Å². The molecular formula is C16H20N2O6. The highest BCUT2D eigenvalue weighted by atomic mass is 16.4. The highest BCUT2D eigenvalue weighted by Gasteiger charge is 2.42. The zero-order valence-electron chi connectivity index (χ0n) is 13.0. The van der Waals surface area contributed by atoms with E-state index in [4.69, 9.17) is 5.11 Å². The SMILES string of the molecule is O=C(O)C(C[C@@H]1CC[C@@H](C(=O)O)N1C(=O)O)NCc1ccccc1. The van der Waals surface area contributed by atoms with Crippen molar-refractivity contribution < 1.29 is 29.7 Å². The molecule has 130 valence electrons. The molecule has 8 nitrogen and oxygen atoms in total. The number of hydrogen-bond donors (Lipinski definition) is 4. The molecule has 1 unspecified atom stereocenters. The largest absolute Gasteiger partial charge is 0.480 e. The van der Waals surface area contributed by atoms with Gasteiger partial charge in [0, 0.05) is 12.6 Å². The monoisotopic (exact) mass is 336 g/mol. The second-order valence-electron chi connectivity index (χ2n) is 5.77. The molecule has 1 aromatic carbocycles. The van der Waals surface area contributed by atoms with Gasteiger partial charge in [0.2, 0.25) is 0 Å². The van der Waals surface area contributed by atoms with Crippen LogP contribution in [-0.4, -0.2) is 56.4 Å². The summed E-state index contributed by atoms with van der Waals surface area (Å²) in [5.41, 5.74) is 0.911. The van der Waals surface area contributed by atoms with Crippen molar-refractivity contribution >= 4 is 18.0 Å². The van der Waals surface area contributed by atoms with E-state index in [1.54, 1.807) is 0 Å². The lowest BCUT2D eigenvalue weighted by Crippen LogP contribution is -2.48. The van der Waals surface area contributed by atoms with Gasteiger partial charge in [0.25, 0.3) is 0 Å². The fraction of sp³-hybridized carbons (Fsp3) is 0.438. The Kier molecular flexibility index (Phi) is 5.75. The smallest absolute Gasteiger partial charge is 0.408 e. The molecule has 3 atom stereocenters. The molecule has 1 aliphatic heterocycles. The summed E-state index contributed by atoms with van der Waals surface area (Å²) in [7, 11) is 0. The van der Waals surface area contributed by atoms with E-state index in [2.05, 4.69) is 5.32 Å². The maximum Gasteiger partial charge on any atom is 0.408 e. The van der Waals surface area contributed by atoms with Crippen LogP contribution in [0.2, 0.25) is 0 Å². The summed E-state index contributed by atoms with van der Waals surface area (Å²) in [5.74, 6) is -2.29. The Hall–Kier alpha value is -2.61. The van der Waals surface area contributed by atoms with Crippen molar-refractivity contribution in [1.29, 1.82) is 0 Å². The highest BCUT2D eigenvalue weighted by Crippen LogP contribution is 2.27. The van der Waals surface area contributed by atoms with Gasteiger partial charge in [-0.1, -0.05) is 30.3 Å². The zero-order valence-corrected chi connectivity index (χ0v) is 13.0. The van der Waals surface area contributed by atoms with E-state index < -0.39 is 36.2 Å². The number of likely N-dealkylation sites (tertiary alicyclic amines) is 1. The highest BCUT2D eigenvalue weighted by molar-refractivity contribution is 5.80. The summed E-state index contributed by atoms with van der Waals surface area (Å²) in [6.45, 7) is 0.333. The normalized spacial score (nSPS) is 21.4. The third-order valence-corrected chi connectivity index (χ3v) is 4.21. The molecule has 8 heteroatoms. The zero-order chi connectivity index (χ0) is 17.7. The Bertz CT molecular complexity index is 606. The number of aliphatic carboxylic acids is 2. The molecule has 1 amide bonds. The van der Waals surface area contributed by atoms with Crippen LogP contribution in [0.25, 0.3) is 0 Å². The van der Waals surface area contributed by atoms with Crippen molar-refractivity contribution in [3.63, 3.8) is 0 Å². The van der Waals surface area contributed by atoms with Gasteiger partial charge in [-0.15, -0.1) is 0 Å². The van der Waals surface area contributed by atoms with Gasteiger partial charge in [-0.05, 0) is 24.8 Å². The number of rotatable bonds is 7. The molecular weight excluding hydrogens is 316 g/mol. The second-order valence-corrected chi connectivity index (χ2v) is 5.77. The predicted octanol–water partition coefficient (Wildman–Crippen LogP) is 1.22. The Morgan fingerprint density at radius 2 is 1.79 bits per heavy atom. The van der Waals surface area contributed by atoms with Crippen LogP contribution in [0.15, 0.2) is 30.3 Å². The van der Waals surface area contributed by atoms with Crippen molar-refractivity contribution in [3.8, 4) is 0 Å². The summed E-state index contributed by atoms with van der Waals surface area (Å²) in [6, 6.07) is 6.54. The van der Waals surface area contributed by atoms with Crippen molar-refractivity contribution in [3.05, 3.63) is 35.9 Å². The first-order valence-electron chi connectivity index (χ1n) is 7.64. The first-order chi connectivity index (χ1) is 11.4. The van der Waals surface area contributed by atoms with Gasteiger partial charge in [0.1, 0.15) is 12.1 Å². The molecule has 0 saturated carbocycles. The quantitative estimate of drug-likeness (QED) is 0.589. The number of carboxylic acids is 2. The summed E-state index contributed by atoms with van der Waals surface area (Å²) in [5, 5.41) is 30.6. The third kappa shape index (κ3) is 4.23.